The smallest absolute Gasteiger partial charge is 0.312 e. The zero-order chi connectivity index (χ0) is 51.6. The molecule has 10 aliphatic carbocycles. The van der Waals surface area contributed by atoms with Gasteiger partial charge in [-0.05, 0) is 234 Å². The fourth-order valence-electron chi connectivity index (χ4n) is 22.1. The van der Waals surface area contributed by atoms with Crippen molar-refractivity contribution in [1.82, 2.24) is 0 Å². The number of aliphatic hydroxyl groups excluding tert-OH is 2. The van der Waals surface area contributed by atoms with Gasteiger partial charge in [0.15, 0.2) is 0 Å². The third kappa shape index (κ3) is 6.40. The average Bonchev–Trinajstić information content (AvgIpc) is 3.69. The molecule has 0 aromatic heterocycles. The minimum atomic E-state index is -1.11. The minimum Gasteiger partial charge on any atom is -0.481 e. The Hall–Kier alpha value is -2.72. The van der Waals surface area contributed by atoms with Gasteiger partial charge in [-0.15, -0.1) is 0 Å². The van der Waals surface area contributed by atoms with Crippen molar-refractivity contribution >= 4 is 23.9 Å². The van der Waals surface area contributed by atoms with Gasteiger partial charge in [-0.2, -0.15) is 0 Å². The zero-order valence-corrected chi connectivity index (χ0v) is 45.0. The maximum absolute atomic E-state index is 12.8. The zero-order valence-electron chi connectivity index (χ0n) is 45.0. The van der Waals surface area contributed by atoms with Crippen molar-refractivity contribution in [3.05, 3.63) is 23.8 Å². The van der Waals surface area contributed by atoms with Crippen LogP contribution in [0.4, 0.5) is 0 Å². The second kappa shape index (κ2) is 16.1. The van der Waals surface area contributed by atoms with Gasteiger partial charge in [0.05, 0.1) is 33.9 Å². The third-order valence-electron chi connectivity index (χ3n) is 26.8. The van der Waals surface area contributed by atoms with Crippen LogP contribution in [0.5, 0.6) is 0 Å². The summed E-state index contributed by atoms with van der Waals surface area (Å²) in [5.74, 6) is -1.42. The van der Waals surface area contributed by atoms with Gasteiger partial charge in [-0.25, -0.2) is 0 Å². The van der Waals surface area contributed by atoms with E-state index in [9.17, 15) is 49.8 Å². The lowest BCUT2D eigenvalue weighted by Crippen LogP contribution is -2.68. The predicted octanol–water partition coefficient (Wildman–Crippen LogP) is 12.5. The van der Waals surface area contributed by atoms with Crippen molar-refractivity contribution in [3.8, 4) is 0 Å². The summed E-state index contributed by atoms with van der Waals surface area (Å²) in [6.07, 6.45) is 17.8. The largest absolute Gasteiger partial charge is 0.481 e. The summed E-state index contributed by atoms with van der Waals surface area (Å²) in [6, 6.07) is 0. The fraction of sp³-hybridized carbons (Fsp3) is 0.867. The lowest BCUT2D eigenvalue weighted by atomic mass is 9.32. The highest BCUT2D eigenvalue weighted by Crippen LogP contribution is 2.79. The molecule has 7 unspecified atom stereocenters. The normalized spacial score (nSPS) is 53.9. The van der Waals surface area contributed by atoms with Gasteiger partial charge in [0, 0.05) is 0 Å². The van der Waals surface area contributed by atoms with Crippen molar-refractivity contribution in [3.63, 3.8) is 0 Å². The molecule has 0 aromatic rings. The number of hydrogen-bond acceptors (Lipinski definition) is 6. The number of rotatable bonds is 5. The summed E-state index contributed by atoms with van der Waals surface area (Å²) < 4.78 is 0. The highest BCUT2D eigenvalue weighted by Gasteiger charge is 2.74. The van der Waals surface area contributed by atoms with E-state index in [0.29, 0.717) is 30.6 Å². The van der Waals surface area contributed by atoms with Crippen LogP contribution in [-0.4, -0.2) is 66.7 Å². The van der Waals surface area contributed by atoms with Gasteiger partial charge >= 0.3 is 23.9 Å². The first-order valence-corrected chi connectivity index (χ1v) is 27.9. The van der Waals surface area contributed by atoms with Gasteiger partial charge in [-0.3, -0.25) is 19.2 Å². The van der Waals surface area contributed by atoms with Gasteiger partial charge in [0.2, 0.25) is 0 Å². The van der Waals surface area contributed by atoms with Crippen LogP contribution in [0, 0.1) is 107 Å². The van der Waals surface area contributed by atoms with Crippen LogP contribution in [0.25, 0.3) is 0 Å². The number of aliphatic carboxylic acids is 4. The van der Waals surface area contributed by atoms with Crippen LogP contribution in [0.15, 0.2) is 23.8 Å². The SMILES string of the molecule is C=C(C)[C@@H]1CC[C@]2(C(=O)O)CC[C@]3(C)C(CCC4[C@@]5(C)CC[C@@H](O)[C@@](C)(C(=O)O)C5CC[C@]43C)C12.CC1(C)CC[C@]2(C(=O)O)CC[C@]3(C)C(=CCC4[C@@]5(C)CC[C@@H](O)[C@@](C)(C(=O)O)C5CC[C@]43C)C2C1. The molecule has 0 aromatic carbocycles. The number of allylic oxidation sites excluding steroid dienone is 3. The van der Waals surface area contributed by atoms with Crippen LogP contribution in [0.2, 0.25) is 0 Å². The van der Waals surface area contributed by atoms with E-state index in [1.807, 2.05) is 0 Å². The molecule has 0 heterocycles. The van der Waals surface area contributed by atoms with Crippen LogP contribution in [-0.2, 0) is 19.2 Å². The molecule has 0 saturated heterocycles. The number of carboxylic acid groups (broad SMARTS) is 4. The molecule has 10 heteroatoms. The molecular weight excluding hydrogens is 881 g/mol. The summed E-state index contributed by atoms with van der Waals surface area (Å²) in [6.45, 7) is 29.0. The Morgan fingerprint density at radius 1 is 0.514 bits per heavy atom. The highest BCUT2D eigenvalue weighted by atomic mass is 16.4. The monoisotopic (exact) mass is 973 g/mol. The molecule has 20 atom stereocenters. The number of fused-ring (bicyclic) bond motifs is 14. The number of carboxylic acids is 4. The quantitative estimate of drug-likeness (QED) is 0.145. The molecule has 6 N–H and O–H groups in total. The topological polar surface area (TPSA) is 190 Å². The Bertz CT molecular complexity index is 2250. The maximum atomic E-state index is 12.8. The van der Waals surface area contributed by atoms with Crippen molar-refractivity contribution in [2.75, 3.05) is 0 Å². The fourth-order valence-corrected chi connectivity index (χ4v) is 22.1. The van der Waals surface area contributed by atoms with Crippen LogP contribution < -0.4 is 0 Å². The minimum absolute atomic E-state index is 0.00368. The third-order valence-corrected chi connectivity index (χ3v) is 26.8. The van der Waals surface area contributed by atoms with E-state index < -0.39 is 57.7 Å². The highest BCUT2D eigenvalue weighted by molar-refractivity contribution is 5.78. The summed E-state index contributed by atoms with van der Waals surface area (Å²) >= 11 is 0. The van der Waals surface area contributed by atoms with Crippen LogP contribution >= 0.6 is 0 Å². The molecule has 0 bridgehead atoms. The Kier molecular flexibility index (Phi) is 12.0. The Labute approximate surface area is 419 Å². The lowest BCUT2D eigenvalue weighted by Gasteiger charge is -2.72. The molecule has 9 fully saturated rings. The van der Waals surface area contributed by atoms with Crippen LogP contribution in [0.1, 0.15) is 205 Å². The second-order valence-electron chi connectivity index (χ2n) is 29.1. The van der Waals surface area contributed by atoms with E-state index in [1.165, 1.54) is 5.57 Å². The maximum Gasteiger partial charge on any atom is 0.312 e. The first kappa shape index (κ1) is 52.2. The first-order valence-electron chi connectivity index (χ1n) is 27.9. The van der Waals surface area contributed by atoms with E-state index >= 15 is 0 Å². The van der Waals surface area contributed by atoms with Gasteiger partial charge in [0.25, 0.3) is 0 Å². The number of hydrogen-bond donors (Lipinski definition) is 6. The molecule has 10 nitrogen and oxygen atoms in total. The average molecular weight is 973 g/mol. The summed E-state index contributed by atoms with van der Waals surface area (Å²) in [5, 5.41) is 63.2. The molecule has 0 aliphatic heterocycles. The molecule has 392 valence electrons. The van der Waals surface area contributed by atoms with E-state index in [4.69, 9.17) is 0 Å². The van der Waals surface area contributed by atoms with Crippen molar-refractivity contribution < 1.29 is 49.8 Å². The van der Waals surface area contributed by atoms with Crippen molar-refractivity contribution in [2.45, 2.75) is 217 Å². The van der Waals surface area contributed by atoms with E-state index in [-0.39, 0.29) is 67.5 Å². The standard InChI is InChI=1S/2C30H46O5/c1-17(2)18-9-14-30(25(34)35)16-15-27(4)19(23(18)30)7-8-20-26(3)12-11-22(31)29(6,24(32)33)21(26)10-13-28(20,27)5;1-25(2)13-15-30(24(34)35)16-14-27(4)18(19(30)17-25)7-8-20-26(3)11-10-22(31)29(6,23(32)33)21(26)9-12-28(20,27)5/h18-23,31H,1,7-16H2,2-6H3,(H,32,33)(H,34,35);7,19-22,31H,8-17H2,1-6H3,(H,32,33)(H,34,35)/t18-,19?,20?,21?,22+,23?,26+,27+,28+,29-,30-;19?,20?,21?,22-,26-,27-,28-,29+,30+/m01/s1. The molecule has 0 amide bonds. The number of aliphatic hydroxyl groups is 2. The molecular formula is C60H92O10. The molecule has 70 heavy (non-hydrogen) atoms. The molecule has 9 saturated carbocycles. The summed E-state index contributed by atoms with van der Waals surface area (Å²) in [5.41, 5.74) is -1.07. The van der Waals surface area contributed by atoms with Gasteiger partial charge in [0.1, 0.15) is 0 Å². The predicted molar refractivity (Wildman–Crippen MR) is 269 cm³/mol. The Morgan fingerprint density at radius 3 is 1.56 bits per heavy atom. The van der Waals surface area contributed by atoms with Crippen molar-refractivity contribution in [1.29, 1.82) is 0 Å². The van der Waals surface area contributed by atoms with E-state index in [0.717, 1.165) is 121 Å². The van der Waals surface area contributed by atoms with Gasteiger partial charge in [-0.1, -0.05) is 79.2 Å². The molecule has 10 rings (SSSR count). The van der Waals surface area contributed by atoms with E-state index in [1.54, 1.807) is 13.8 Å². The van der Waals surface area contributed by atoms with Crippen molar-refractivity contribution in [2.24, 2.45) is 107 Å². The molecule has 0 spiro atoms. The molecule has 10 aliphatic rings. The Morgan fingerprint density at radius 2 is 1.03 bits per heavy atom. The Balaban J connectivity index is 0.000000174. The lowest BCUT2D eigenvalue weighted by molar-refractivity contribution is -0.251. The summed E-state index contributed by atoms with van der Waals surface area (Å²) in [4.78, 5) is 50.5. The van der Waals surface area contributed by atoms with Crippen LogP contribution in [0.3, 0.4) is 0 Å². The van der Waals surface area contributed by atoms with Gasteiger partial charge < -0.3 is 30.6 Å². The number of carbonyl (C=O) groups is 4. The van der Waals surface area contributed by atoms with E-state index in [2.05, 4.69) is 75.0 Å². The second-order valence-corrected chi connectivity index (χ2v) is 29.1. The molecule has 0 radical (unpaired) electrons. The summed E-state index contributed by atoms with van der Waals surface area (Å²) in [7, 11) is 0. The first-order chi connectivity index (χ1) is 32.3.